The third-order valence-corrected chi connectivity index (χ3v) is 12.4. The van der Waals surface area contributed by atoms with Crippen molar-refractivity contribution in [3.8, 4) is 45.1 Å². The molecule has 4 nitrogen and oxygen atoms in total. The number of hydrogen-bond donors (Lipinski definition) is 0. The minimum Gasteiger partial charge on any atom is -0.309 e. The Labute approximate surface area is 332 Å². The number of para-hydroxylation sites is 2. The predicted octanol–water partition coefficient (Wildman–Crippen LogP) is 14.0. The molecule has 0 aliphatic rings. The number of rotatable bonds is 5. The van der Waals surface area contributed by atoms with Gasteiger partial charge in [0.2, 0.25) is 5.95 Å². The molecule has 57 heavy (non-hydrogen) atoms. The molecule has 0 saturated carbocycles. The number of fused-ring (bicyclic) bond motifs is 9. The van der Waals surface area contributed by atoms with Gasteiger partial charge in [-0.1, -0.05) is 152 Å². The molecule has 0 fully saturated rings. The van der Waals surface area contributed by atoms with Gasteiger partial charge in [-0.25, -0.2) is 9.97 Å². The van der Waals surface area contributed by atoms with Crippen LogP contribution in [-0.2, 0) is 0 Å². The first-order valence-electron chi connectivity index (χ1n) is 19.2. The molecule has 0 aliphatic carbocycles. The lowest BCUT2D eigenvalue weighted by molar-refractivity contribution is 1.02. The highest BCUT2D eigenvalue weighted by molar-refractivity contribution is 7.18. The zero-order valence-electron chi connectivity index (χ0n) is 30.7. The molecule has 12 aromatic rings. The van der Waals surface area contributed by atoms with E-state index in [0.29, 0.717) is 5.95 Å². The van der Waals surface area contributed by atoms with Crippen LogP contribution in [0.5, 0.6) is 0 Å². The Kier molecular flexibility index (Phi) is 7.06. The lowest BCUT2D eigenvalue weighted by Gasteiger charge is -2.12. The van der Waals surface area contributed by atoms with Crippen LogP contribution in [0.2, 0.25) is 0 Å². The SMILES string of the molecule is c1ccc(-c2csc3c(-c4ccccc4)nc(-n4c5ccc(-c6cccc7c6c6ccccc6n7-c6ccccc6)cc5c5ccc6ccccc6c54)nc23)cc1. The average Bonchev–Trinajstić information content (AvgIpc) is 3.97. The molecule has 8 aromatic carbocycles. The molecule has 0 radical (unpaired) electrons. The van der Waals surface area contributed by atoms with E-state index in [9.17, 15) is 0 Å². The van der Waals surface area contributed by atoms with E-state index < -0.39 is 0 Å². The number of aromatic nitrogens is 4. The van der Waals surface area contributed by atoms with Crippen molar-refractivity contribution in [2.24, 2.45) is 0 Å². The summed E-state index contributed by atoms with van der Waals surface area (Å²) in [6.07, 6.45) is 0. The second-order valence-corrected chi connectivity index (χ2v) is 15.4. The standard InChI is InChI=1S/C52H32N4S/c1-4-15-33(16-5-1)43-32-57-51-48(35-18-6-2-7-19-35)53-52(54-49(43)51)56-45-30-28-36(31-42(45)40-29-27-34-17-10-11-22-39(34)50(40)56)38-24-14-26-46-47(38)41-23-12-13-25-44(41)55(46)37-20-8-3-9-21-37/h1-32H. The van der Waals surface area contributed by atoms with Crippen molar-refractivity contribution in [2.75, 3.05) is 0 Å². The Hall–Kier alpha value is -7.34. The molecule has 0 atom stereocenters. The maximum atomic E-state index is 5.49. The van der Waals surface area contributed by atoms with Gasteiger partial charge in [0.15, 0.2) is 0 Å². The topological polar surface area (TPSA) is 35.6 Å². The molecule has 0 N–H and O–H groups in total. The molecule has 4 heterocycles. The summed E-state index contributed by atoms with van der Waals surface area (Å²) < 4.78 is 5.77. The lowest BCUT2D eigenvalue weighted by atomic mass is 9.97. The van der Waals surface area contributed by atoms with E-state index in [0.717, 1.165) is 54.7 Å². The van der Waals surface area contributed by atoms with E-state index in [4.69, 9.17) is 9.97 Å². The molecule has 12 rings (SSSR count). The average molecular weight is 745 g/mol. The summed E-state index contributed by atoms with van der Waals surface area (Å²) in [5.41, 5.74) is 13.3. The van der Waals surface area contributed by atoms with Crippen LogP contribution in [0.4, 0.5) is 0 Å². The molecule has 0 saturated heterocycles. The highest BCUT2D eigenvalue weighted by Gasteiger charge is 2.23. The highest BCUT2D eigenvalue weighted by atomic mass is 32.1. The minimum atomic E-state index is 0.661. The van der Waals surface area contributed by atoms with Gasteiger partial charge < -0.3 is 4.57 Å². The summed E-state index contributed by atoms with van der Waals surface area (Å²) in [5, 5.41) is 9.39. The Morgan fingerprint density at radius 1 is 0.421 bits per heavy atom. The van der Waals surface area contributed by atoms with Crippen molar-refractivity contribution in [2.45, 2.75) is 0 Å². The number of hydrogen-bond acceptors (Lipinski definition) is 3. The Morgan fingerprint density at radius 2 is 1.11 bits per heavy atom. The van der Waals surface area contributed by atoms with Crippen LogP contribution >= 0.6 is 11.3 Å². The van der Waals surface area contributed by atoms with Gasteiger partial charge in [-0.2, -0.15) is 0 Å². The van der Waals surface area contributed by atoms with E-state index in [-0.39, 0.29) is 0 Å². The van der Waals surface area contributed by atoms with E-state index in [2.05, 4.69) is 203 Å². The van der Waals surface area contributed by atoms with Gasteiger partial charge >= 0.3 is 0 Å². The van der Waals surface area contributed by atoms with Crippen LogP contribution in [0.25, 0.3) is 110 Å². The van der Waals surface area contributed by atoms with Crippen LogP contribution in [-0.4, -0.2) is 19.1 Å². The van der Waals surface area contributed by atoms with Crippen molar-refractivity contribution in [3.63, 3.8) is 0 Å². The highest BCUT2D eigenvalue weighted by Crippen LogP contribution is 2.44. The Morgan fingerprint density at radius 3 is 1.93 bits per heavy atom. The summed E-state index contributed by atoms with van der Waals surface area (Å²) in [4.78, 5) is 11.0. The van der Waals surface area contributed by atoms with E-state index in [1.807, 2.05) is 0 Å². The van der Waals surface area contributed by atoms with Crippen LogP contribution in [0.15, 0.2) is 193 Å². The minimum absolute atomic E-state index is 0.661. The number of thiophene rings is 1. The molecule has 0 amide bonds. The van der Waals surface area contributed by atoms with Crippen LogP contribution < -0.4 is 0 Å². The quantitative estimate of drug-likeness (QED) is 0.176. The second-order valence-electron chi connectivity index (χ2n) is 14.6. The molecular weight excluding hydrogens is 713 g/mol. The first kappa shape index (κ1) is 32.0. The predicted molar refractivity (Wildman–Crippen MR) is 240 cm³/mol. The monoisotopic (exact) mass is 744 g/mol. The molecule has 0 spiro atoms. The van der Waals surface area contributed by atoms with Crippen molar-refractivity contribution in [1.29, 1.82) is 0 Å². The van der Waals surface area contributed by atoms with E-state index >= 15 is 0 Å². The Bertz CT molecular complexity index is 3510. The first-order valence-corrected chi connectivity index (χ1v) is 20.1. The van der Waals surface area contributed by atoms with Crippen LogP contribution in [0.3, 0.4) is 0 Å². The van der Waals surface area contributed by atoms with Crippen LogP contribution in [0, 0.1) is 0 Å². The summed E-state index contributed by atoms with van der Waals surface area (Å²) in [5.74, 6) is 0.661. The van der Waals surface area contributed by atoms with Gasteiger partial charge in [-0.3, -0.25) is 4.57 Å². The first-order chi connectivity index (χ1) is 28.3. The summed E-state index contributed by atoms with van der Waals surface area (Å²) >= 11 is 1.71. The second kappa shape index (κ2) is 12.6. The van der Waals surface area contributed by atoms with E-state index in [1.54, 1.807) is 11.3 Å². The largest absolute Gasteiger partial charge is 0.309 e. The maximum absolute atomic E-state index is 5.49. The lowest BCUT2D eigenvalue weighted by Crippen LogP contribution is -2.03. The molecule has 0 unspecified atom stereocenters. The van der Waals surface area contributed by atoms with Gasteiger partial charge in [0.1, 0.15) is 0 Å². The van der Waals surface area contributed by atoms with Gasteiger partial charge in [-0.05, 0) is 58.5 Å². The van der Waals surface area contributed by atoms with Crippen LogP contribution in [0.1, 0.15) is 0 Å². The van der Waals surface area contributed by atoms with E-state index in [1.165, 1.54) is 49.1 Å². The van der Waals surface area contributed by atoms with Crippen molar-refractivity contribution >= 4 is 75.9 Å². The van der Waals surface area contributed by atoms with Crippen molar-refractivity contribution < 1.29 is 0 Å². The van der Waals surface area contributed by atoms with Gasteiger partial charge in [0.05, 0.1) is 38.0 Å². The number of benzene rings is 8. The normalized spacial score (nSPS) is 11.9. The summed E-state index contributed by atoms with van der Waals surface area (Å²) in [6, 6.07) is 67.3. The third-order valence-electron chi connectivity index (χ3n) is 11.4. The fourth-order valence-corrected chi connectivity index (χ4v) is 9.92. The maximum Gasteiger partial charge on any atom is 0.235 e. The smallest absolute Gasteiger partial charge is 0.235 e. The zero-order valence-corrected chi connectivity index (χ0v) is 31.5. The molecule has 266 valence electrons. The molecule has 5 heteroatoms. The molecule has 4 aromatic heterocycles. The molecule has 0 aliphatic heterocycles. The summed E-state index contributed by atoms with van der Waals surface area (Å²) in [6.45, 7) is 0. The fourth-order valence-electron chi connectivity index (χ4n) is 8.89. The summed E-state index contributed by atoms with van der Waals surface area (Å²) in [7, 11) is 0. The van der Waals surface area contributed by atoms with Gasteiger partial charge in [0.25, 0.3) is 0 Å². The molecular formula is C52H32N4S. The Balaban J connectivity index is 1.16. The fraction of sp³-hybridized carbons (Fsp3) is 0. The van der Waals surface area contributed by atoms with Crippen molar-refractivity contribution in [1.82, 2.24) is 19.1 Å². The van der Waals surface area contributed by atoms with Crippen molar-refractivity contribution in [3.05, 3.63) is 193 Å². The number of nitrogens with zero attached hydrogens (tertiary/aromatic N) is 4. The zero-order chi connectivity index (χ0) is 37.5. The van der Waals surface area contributed by atoms with Gasteiger partial charge in [-0.15, -0.1) is 11.3 Å². The third kappa shape index (κ3) is 4.86. The van der Waals surface area contributed by atoms with Gasteiger partial charge in [0, 0.05) is 49.1 Å². The molecule has 0 bridgehead atoms.